The monoisotopic (exact) mass is 309 g/mol. The van der Waals surface area contributed by atoms with Gasteiger partial charge in [0, 0.05) is 25.0 Å². The van der Waals surface area contributed by atoms with Crippen molar-refractivity contribution in [3.8, 4) is 0 Å². The van der Waals surface area contributed by atoms with E-state index in [2.05, 4.69) is 9.71 Å². The van der Waals surface area contributed by atoms with Crippen LogP contribution in [0.1, 0.15) is 16.8 Å². The summed E-state index contributed by atoms with van der Waals surface area (Å²) >= 11 is 0. The molecule has 0 saturated heterocycles. The molecule has 0 aliphatic rings. The van der Waals surface area contributed by atoms with Gasteiger partial charge in [-0.2, -0.15) is 0 Å². The van der Waals surface area contributed by atoms with Gasteiger partial charge in [-0.3, -0.25) is 4.98 Å². The molecule has 2 rings (SSSR count). The van der Waals surface area contributed by atoms with Crippen LogP contribution in [0.5, 0.6) is 0 Å². The maximum absolute atomic E-state index is 13.8. The van der Waals surface area contributed by atoms with Crippen molar-refractivity contribution in [3.05, 3.63) is 59.2 Å². The average molecular weight is 309 g/mol. The molecule has 1 aromatic carbocycles. The van der Waals surface area contributed by atoms with Crippen molar-refractivity contribution in [3.63, 3.8) is 0 Å². The summed E-state index contributed by atoms with van der Waals surface area (Å²) in [7, 11) is -3.92. The van der Waals surface area contributed by atoms with Gasteiger partial charge >= 0.3 is 0 Å². The van der Waals surface area contributed by atoms with E-state index in [1.165, 1.54) is 12.1 Å². The molecule has 1 heterocycles. The van der Waals surface area contributed by atoms with Gasteiger partial charge < -0.3 is 5.73 Å². The summed E-state index contributed by atoms with van der Waals surface area (Å²) in [5.74, 6) is -0.813. The predicted octanol–water partition coefficient (Wildman–Crippen LogP) is 1.47. The Morgan fingerprint density at radius 1 is 1.24 bits per heavy atom. The first-order valence-electron chi connectivity index (χ1n) is 6.32. The third-order valence-corrected chi connectivity index (χ3v) is 4.39. The van der Waals surface area contributed by atoms with E-state index in [1.807, 2.05) is 6.92 Å². The minimum atomic E-state index is -3.92. The Hall–Kier alpha value is -1.83. The summed E-state index contributed by atoms with van der Waals surface area (Å²) in [4.78, 5) is 3.68. The van der Waals surface area contributed by atoms with Gasteiger partial charge in [0.05, 0.1) is 0 Å². The standard InChI is InChI=1S/C14H16FN3O2S/c1-10-2-3-12(8-17-10)9-18-21(19,20)14-5-4-11(7-16)6-13(14)15/h2-6,8,18H,7,9,16H2,1H3. The lowest BCUT2D eigenvalue weighted by molar-refractivity contribution is 0.556. The number of nitrogens with one attached hydrogen (secondary N) is 1. The Morgan fingerprint density at radius 3 is 2.52 bits per heavy atom. The summed E-state index contributed by atoms with van der Waals surface area (Å²) in [6, 6.07) is 7.37. The van der Waals surface area contributed by atoms with Crippen LogP contribution in [0.25, 0.3) is 0 Å². The number of nitrogens with zero attached hydrogens (tertiary/aromatic N) is 1. The Bertz CT molecular complexity index is 730. The third kappa shape index (κ3) is 3.84. The molecule has 0 unspecified atom stereocenters. The number of pyridine rings is 1. The lowest BCUT2D eigenvalue weighted by Crippen LogP contribution is -2.24. The minimum Gasteiger partial charge on any atom is -0.326 e. The number of halogens is 1. The molecule has 5 nitrogen and oxygen atoms in total. The van der Waals surface area contributed by atoms with Crippen molar-refractivity contribution in [2.24, 2.45) is 5.73 Å². The van der Waals surface area contributed by atoms with E-state index in [9.17, 15) is 12.8 Å². The van der Waals surface area contributed by atoms with Crippen molar-refractivity contribution >= 4 is 10.0 Å². The maximum Gasteiger partial charge on any atom is 0.243 e. The van der Waals surface area contributed by atoms with Crippen molar-refractivity contribution in [2.45, 2.75) is 24.9 Å². The van der Waals surface area contributed by atoms with E-state index < -0.39 is 15.8 Å². The molecule has 0 saturated carbocycles. The second-order valence-electron chi connectivity index (χ2n) is 4.60. The molecule has 21 heavy (non-hydrogen) atoms. The SMILES string of the molecule is Cc1ccc(CNS(=O)(=O)c2ccc(CN)cc2F)cn1. The van der Waals surface area contributed by atoms with Gasteiger partial charge in [0.25, 0.3) is 0 Å². The summed E-state index contributed by atoms with van der Waals surface area (Å²) < 4.78 is 40.4. The summed E-state index contributed by atoms with van der Waals surface area (Å²) in [5, 5.41) is 0. The first-order valence-corrected chi connectivity index (χ1v) is 7.80. The van der Waals surface area contributed by atoms with Gasteiger partial charge in [-0.05, 0) is 36.2 Å². The number of hydrogen-bond acceptors (Lipinski definition) is 4. The number of hydrogen-bond donors (Lipinski definition) is 2. The maximum atomic E-state index is 13.8. The second-order valence-corrected chi connectivity index (χ2v) is 6.34. The van der Waals surface area contributed by atoms with Crippen molar-refractivity contribution < 1.29 is 12.8 Å². The summed E-state index contributed by atoms with van der Waals surface area (Å²) in [6.07, 6.45) is 1.58. The van der Waals surface area contributed by atoms with Crippen LogP contribution < -0.4 is 10.5 Å². The highest BCUT2D eigenvalue weighted by atomic mass is 32.2. The third-order valence-electron chi connectivity index (χ3n) is 2.96. The number of aryl methyl sites for hydroxylation is 1. The molecular formula is C14H16FN3O2S. The first kappa shape index (κ1) is 15.6. The van der Waals surface area contributed by atoms with E-state index in [0.29, 0.717) is 11.1 Å². The molecule has 0 aliphatic heterocycles. The van der Waals surface area contributed by atoms with Crippen LogP contribution in [0.3, 0.4) is 0 Å². The highest BCUT2D eigenvalue weighted by Gasteiger charge is 2.18. The zero-order chi connectivity index (χ0) is 15.5. The van der Waals surface area contributed by atoms with Gasteiger partial charge in [-0.25, -0.2) is 17.5 Å². The van der Waals surface area contributed by atoms with E-state index >= 15 is 0 Å². The fourth-order valence-electron chi connectivity index (χ4n) is 1.75. The fraction of sp³-hybridized carbons (Fsp3) is 0.214. The number of sulfonamides is 1. The van der Waals surface area contributed by atoms with Gasteiger partial charge in [-0.1, -0.05) is 12.1 Å². The predicted molar refractivity (Wildman–Crippen MR) is 77.3 cm³/mol. The van der Waals surface area contributed by atoms with Gasteiger partial charge in [-0.15, -0.1) is 0 Å². The first-order chi connectivity index (χ1) is 9.92. The fourth-order valence-corrected chi connectivity index (χ4v) is 2.82. The van der Waals surface area contributed by atoms with Gasteiger partial charge in [0.2, 0.25) is 10.0 Å². The van der Waals surface area contributed by atoms with Crippen molar-refractivity contribution in [2.75, 3.05) is 0 Å². The Balaban J connectivity index is 2.16. The molecule has 0 radical (unpaired) electrons. The van der Waals surface area contributed by atoms with E-state index in [0.717, 1.165) is 11.8 Å². The number of nitrogens with two attached hydrogens (primary N) is 1. The Labute approximate surface area is 123 Å². The van der Waals surface area contributed by atoms with Crippen LogP contribution in [-0.4, -0.2) is 13.4 Å². The molecule has 0 aliphatic carbocycles. The molecule has 1 aromatic heterocycles. The molecule has 112 valence electrons. The number of benzene rings is 1. The second kappa shape index (κ2) is 6.30. The molecule has 0 amide bonds. The molecule has 0 bridgehead atoms. The lowest BCUT2D eigenvalue weighted by atomic mass is 10.2. The summed E-state index contributed by atoms with van der Waals surface area (Å²) in [6.45, 7) is 2.04. The van der Waals surface area contributed by atoms with Crippen LogP contribution >= 0.6 is 0 Å². The van der Waals surface area contributed by atoms with E-state index in [1.54, 1.807) is 18.3 Å². The highest BCUT2D eigenvalue weighted by molar-refractivity contribution is 7.89. The Kier molecular flexibility index (Phi) is 4.66. The molecule has 7 heteroatoms. The van der Waals surface area contributed by atoms with Gasteiger partial charge in [0.15, 0.2) is 0 Å². The van der Waals surface area contributed by atoms with Crippen LogP contribution in [0.15, 0.2) is 41.4 Å². The van der Waals surface area contributed by atoms with Crippen LogP contribution in [-0.2, 0) is 23.1 Å². The number of aromatic nitrogens is 1. The minimum absolute atomic E-state index is 0.0493. The molecule has 0 atom stereocenters. The molecule has 0 spiro atoms. The Morgan fingerprint density at radius 2 is 1.95 bits per heavy atom. The topological polar surface area (TPSA) is 85.1 Å². The van der Waals surface area contributed by atoms with Crippen LogP contribution in [0.2, 0.25) is 0 Å². The molecular weight excluding hydrogens is 293 g/mol. The van der Waals surface area contributed by atoms with Crippen molar-refractivity contribution in [1.29, 1.82) is 0 Å². The quantitative estimate of drug-likeness (QED) is 0.876. The normalized spacial score (nSPS) is 11.6. The molecule has 2 aromatic rings. The molecule has 3 N–H and O–H groups in total. The average Bonchev–Trinajstić information content (AvgIpc) is 2.46. The summed E-state index contributed by atoms with van der Waals surface area (Å²) in [5.41, 5.74) is 7.46. The molecule has 0 fully saturated rings. The van der Waals surface area contributed by atoms with E-state index in [-0.39, 0.29) is 18.0 Å². The van der Waals surface area contributed by atoms with Crippen LogP contribution in [0, 0.1) is 12.7 Å². The zero-order valence-electron chi connectivity index (χ0n) is 11.5. The smallest absolute Gasteiger partial charge is 0.243 e. The number of rotatable bonds is 5. The highest BCUT2D eigenvalue weighted by Crippen LogP contribution is 2.16. The zero-order valence-corrected chi connectivity index (χ0v) is 12.3. The largest absolute Gasteiger partial charge is 0.326 e. The van der Waals surface area contributed by atoms with Crippen LogP contribution in [0.4, 0.5) is 4.39 Å². The van der Waals surface area contributed by atoms with Gasteiger partial charge in [0.1, 0.15) is 10.7 Å². The van der Waals surface area contributed by atoms with Crippen molar-refractivity contribution in [1.82, 2.24) is 9.71 Å². The lowest BCUT2D eigenvalue weighted by Gasteiger charge is -2.08. The van der Waals surface area contributed by atoms with E-state index in [4.69, 9.17) is 5.73 Å².